The first kappa shape index (κ1) is 15.9. The molecule has 0 heterocycles. The van der Waals surface area contributed by atoms with E-state index in [1.165, 1.54) is 25.7 Å². The second-order valence-corrected chi connectivity index (χ2v) is 6.61. The Morgan fingerprint density at radius 2 is 1.94 bits per heavy atom. The van der Waals surface area contributed by atoms with Crippen molar-refractivity contribution in [2.75, 3.05) is 13.2 Å². The van der Waals surface area contributed by atoms with E-state index in [9.17, 15) is 5.11 Å². The molecule has 0 amide bonds. The van der Waals surface area contributed by atoms with E-state index in [2.05, 4.69) is 33.0 Å². The second kappa shape index (κ2) is 7.46. The fourth-order valence-corrected chi connectivity index (χ4v) is 2.58. The molecule has 0 aromatic heterocycles. The molecule has 0 aromatic carbocycles. The summed E-state index contributed by atoms with van der Waals surface area (Å²) in [5.41, 5.74) is 0.0533. The van der Waals surface area contributed by atoms with Gasteiger partial charge in [-0.05, 0) is 39.5 Å². The molecule has 1 aliphatic carbocycles. The molecule has 0 aliphatic heterocycles. The first-order valence-corrected chi connectivity index (χ1v) is 7.47. The van der Waals surface area contributed by atoms with Crippen LogP contribution in [0.1, 0.15) is 59.8 Å². The van der Waals surface area contributed by atoms with Gasteiger partial charge in [0.2, 0.25) is 0 Å². The maximum Gasteiger partial charge on any atom is 0.0898 e. The molecule has 0 spiro atoms. The Labute approximate surface area is 112 Å². The maximum atomic E-state index is 9.91. The topological polar surface area (TPSA) is 41.5 Å². The summed E-state index contributed by atoms with van der Waals surface area (Å²) < 4.78 is 5.92. The largest absolute Gasteiger partial charge is 0.389 e. The number of hydrogen-bond acceptors (Lipinski definition) is 3. The highest BCUT2D eigenvalue weighted by Crippen LogP contribution is 2.29. The number of aliphatic hydroxyl groups is 1. The van der Waals surface area contributed by atoms with Gasteiger partial charge in [-0.2, -0.15) is 0 Å². The van der Waals surface area contributed by atoms with Crippen LogP contribution in [0.4, 0.5) is 0 Å². The zero-order valence-corrected chi connectivity index (χ0v) is 12.5. The van der Waals surface area contributed by atoms with Gasteiger partial charge in [-0.15, -0.1) is 0 Å². The van der Waals surface area contributed by atoms with Crippen molar-refractivity contribution in [3.8, 4) is 0 Å². The number of ether oxygens (including phenoxy) is 1. The van der Waals surface area contributed by atoms with Gasteiger partial charge in [-0.1, -0.05) is 26.2 Å². The van der Waals surface area contributed by atoms with Gasteiger partial charge < -0.3 is 15.2 Å². The molecule has 3 atom stereocenters. The van der Waals surface area contributed by atoms with Crippen LogP contribution in [0, 0.1) is 5.92 Å². The third-order valence-electron chi connectivity index (χ3n) is 3.73. The lowest BCUT2D eigenvalue weighted by Crippen LogP contribution is -2.43. The van der Waals surface area contributed by atoms with Crippen LogP contribution in [0.3, 0.4) is 0 Å². The SMILES string of the molecule is CCC1CCCCC1OCC(O)CNC(C)(C)C. The second-order valence-electron chi connectivity index (χ2n) is 6.61. The molecule has 0 radical (unpaired) electrons. The van der Waals surface area contributed by atoms with Crippen LogP contribution in [-0.4, -0.2) is 36.0 Å². The lowest BCUT2D eigenvalue weighted by atomic mass is 9.85. The molecule has 0 aromatic rings. The minimum atomic E-state index is -0.399. The third-order valence-corrected chi connectivity index (χ3v) is 3.73. The van der Waals surface area contributed by atoms with E-state index in [0.717, 1.165) is 6.42 Å². The minimum Gasteiger partial charge on any atom is -0.389 e. The summed E-state index contributed by atoms with van der Waals surface area (Å²) in [6.45, 7) is 9.62. The molecule has 1 rings (SSSR count). The van der Waals surface area contributed by atoms with Gasteiger partial charge in [-0.25, -0.2) is 0 Å². The zero-order valence-electron chi connectivity index (χ0n) is 12.5. The van der Waals surface area contributed by atoms with Crippen molar-refractivity contribution in [1.82, 2.24) is 5.32 Å². The molecule has 3 heteroatoms. The van der Waals surface area contributed by atoms with Crippen molar-refractivity contribution in [3.05, 3.63) is 0 Å². The Bertz CT molecular complexity index is 225. The molecule has 3 nitrogen and oxygen atoms in total. The van der Waals surface area contributed by atoms with Crippen molar-refractivity contribution in [3.63, 3.8) is 0 Å². The molecule has 1 aliphatic rings. The Balaban J connectivity index is 2.22. The number of aliphatic hydroxyl groups excluding tert-OH is 1. The lowest BCUT2D eigenvalue weighted by Gasteiger charge is -2.32. The molecule has 0 saturated heterocycles. The van der Waals surface area contributed by atoms with Crippen LogP contribution >= 0.6 is 0 Å². The number of β-amino-alcohol motifs (C(OH)–C–C–N with tert-alkyl or cyclic N) is 1. The molecular formula is C15H31NO2. The van der Waals surface area contributed by atoms with E-state index in [-0.39, 0.29) is 5.54 Å². The van der Waals surface area contributed by atoms with Crippen molar-refractivity contribution in [1.29, 1.82) is 0 Å². The maximum absolute atomic E-state index is 9.91. The van der Waals surface area contributed by atoms with Gasteiger partial charge in [0, 0.05) is 12.1 Å². The molecule has 108 valence electrons. The predicted octanol–water partition coefficient (Wildman–Crippen LogP) is 2.72. The van der Waals surface area contributed by atoms with Gasteiger partial charge >= 0.3 is 0 Å². The van der Waals surface area contributed by atoms with Crippen molar-refractivity contribution in [2.45, 2.75) is 77.5 Å². The third kappa shape index (κ3) is 6.17. The highest BCUT2D eigenvalue weighted by Gasteiger charge is 2.25. The smallest absolute Gasteiger partial charge is 0.0898 e. The van der Waals surface area contributed by atoms with Crippen LogP contribution < -0.4 is 5.32 Å². The molecule has 18 heavy (non-hydrogen) atoms. The van der Waals surface area contributed by atoms with Gasteiger partial charge in [-0.3, -0.25) is 0 Å². The Morgan fingerprint density at radius 3 is 2.56 bits per heavy atom. The summed E-state index contributed by atoms with van der Waals surface area (Å²) in [5.74, 6) is 0.696. The standard InChI is InChI=1S/C15H31NO2/c1-5-12-8-6-7-9-14(12)18-11-13(17)10-16-15(2,3)4/h12-14,16-17H,5-11H2,1-4H3. The minimum absolute atomic E-state index is 0.0533. The van der Waals surface area contributed by atoms with Crippen molar-refractivity contribution >= 4 is 0 Å². The molecule has 3 unspecified atom stereocenters. The van der Waals surface area contributed by atoms with Crippen LogP contribution in [0.2, 0.25) is 0 Å². The van der Waals surface area contributed by atoms with Gasteiger partial charge in [0.1, 0.15) is 0 Å². The lowest BCUT2D eigenvalue weighted by molar-refractivity contribution is -0.0508. The Morgan fingerprint density at radius 1 is 1.28 bits per heavy atom. The zero-order chi connectivity index (χ0) is 13.6. The Hall–Kier alpha value is -0.120. The summed E-state index contributed by atoms with van der Waals surface area (Å²) in [7, 11) is 0. The molecule has 0 bridgehead atoms. The monoisotopic (exact) mass is 257 g/mol. The van der Waals surface area contributed by atoms with Gasteiger partial charge in [0.05, 0.1) is 18.8 Å². The van der Waals surface area contributed by atoms with Crippen molar-refractivity contribution < 1.29 is 9.84 Å². The van der Waals surface area contributed by atoms with E-state index in [0.29, 0.717) is 25.2 Å². The molecule has 1 fully saturated rings. The first-order valence-electron chi connectivity index (χ1n) is 7.47. The average Bonchev–Trinajstić information content (AvgIpc) is 2.33. The highest BCUT2D eigenvalue weighted by molar-refractivity contribution is 4.76. The van der Waals surface area contributed by atoms with Crippen LogP contribution in [0.15, 0.2) is 0 Å². The van der Waals surface area contributed by atoms with Crippen LogP contribution in [0.5, 0.6) is 0 Å². The van der Waals surface area contributed by atoms with E-state index in [4.69, 9.17) is 4.74 Å². The normalized spacial score (nSPS) is 27.2. The van der Waals surface area contributed by atoms with E-state index < -0.39 is 6.10 Å². The summed E-state index contributed by atoms with van der Waals surface area (Å²) in [5, 5.41) is 13.2. The van der Waals surface area contributed by atoms with Gasteiger partial charge in [0.15, 0.2) is 0 Å². The van der Waals surface area contributed by atoms with E-state index >= 15 is 0 Å². The molecular weight excluding hydrogens is 226 g/mol. The Kier molecular flexibility index (Phi) is 6.61. The summed E-state index contributed by atoms with van der Waals surface area (Å²) in [6.07, 6.45) is 6.23. The van der Waals surface area contributed by atoms with Crippen LogP contribution in [0.25, 0.3) is 0 Å². The quantitative estimate of drug-likeness (QED) is 0.769. The van der Waals surface area contributed by atoms with E-state index in [1.54, 1.807) is 0 Å². The summed E-state index contributed by atoms with van der Waals surface area (Å²) >= 11 is 0. The summed E-state index contributed by atoms with van der Waals surface area (Å²) in [4.78, 5) is 0. The van der Waals surface area contributed by atoms with Crippen LogP contribution in [-0.2, 0) is 4.74 Å². The van der Waals surface area contributed by atoms with Crippen molar-refractivity contribution in [2.24, 2.45) is 5.92 Å². The predicted molar refractivity (Wildman–Crippen MR) is 75.8 cm³/mol. The molecule has 1 saturated carbocycles. The van der Waals surface area contributed by atoms with Gasteiger partial charge in [0.25, 0.3) is 0 Å². The number of hydrogen-bond donors (Lipinski definition) is 2. The first-order chi connectivity index (χ1) is 8.42. The highest BCUT2D eigenvalue weighted by atomic mass is 16.5. The molecule has 2 N–H and O–H groups in total. The van der Waals surface area contributed by atoms with E-state index in [1.807, 2.05) is 0 Å². The average molecular weight is 257 g/mol. The fraction of sp³-hybridized carbons (Fsp3) is 1.00. The number of nitrogens with one attached hydrogen (secondary N) is 1. The number of rotatable bonds is 6. The summed E-state index contributed by atoms with van der Waals surface area (Å²) in [6, 6.07) is 0. The fourth-order valence-electron chi connectivity index (χ4n) is 2.58.